The zero-order valence-electron chi connectivity index (χ0n) is 9.95. The number of halogens is 3. The van der Waals surface area contributed by atoms with Gasteiger partial charge in [0.2, 0.25) is 0 Å². The fourth-order valence-electron chi connectivity index (χ4n) is 1.97. The first-order valence-corrected chi connectivity index (χ1v) is 5.52. The van der Waals surface area contributed by atoms with Crippen LogP contribution in [0.3, 0.4) is 0 Å². The Hall–Kier alpha value is -1.20. The molecule has 0 aliphatic carbocycles. The lowest BCUT2D eigenvalue weighted by atomic mass is 10.1. The molecule has 100 valence electrons. The number of carbonyl (C=O) groups excluding carboxylic acids is 1. The number of benzene rings is 1. The zero-order chi connectivity index (χ0) is 12.4. The summed E-state index contributed by atoms with van der Waals surface area (Å²) in [4.78, 5) is 13.6. The van der Waals surface area contributed by atoms with Crippen molar-refractivity contribution < 1.29 is 13.6 Å². The molecule has 1 saturated heterocycles. The minimum Gasteiger partial charge on any atom is -0.337 e. The van der Waals surface area contributed by atoms with Crippen molar-refractivity contribution in [2.24, 2.45) is 0 Å². The SMILES string of the molecule is CN(C(=O)c1ccc(F)c(F)c1)C1CCNC1.Cl. The molecule has 0 saturated carbocycles. The minimum absolute atomic E-state index is 0. The lowest BCUT2D eigenvalue weighted by Crippen LogP contribution is -2.38. The highest BCUT2D eigenvalue weighted by atomic mass is 35.5. The monoisotopic (exact) mass is 276 g/mol. The van der Waals surface area contributed by atoms with Crippen molar-refractivity contribution >= 4 is 18.3 Å². The normalized spacial score (nSPS) is 18.3. The quantitative estimate of drug-likeness (QED) is 0.894. The molecule has 1 aliphatic rings. The van der Waals surface area contributed by atoms with E-state index in [-0.39, 0.29) is 29.9 Å². The highest BCUT2D eigenvalue weighted by Crippen LogP contribution is 2.14. The van der Waals surface area contributed by atoms with Crippen LogP contribution in [0.25, 0.3) is 0 Å². The van der Waals surface area contributed by atoms with Gasteiger partial charge in [-0.3, -0.25) is 4.79 Å². The summed E-state index contributed by atoms with van der Waals surface area (Å²) < 4.78 is 25.8. The van der Waals surface area contributed by atoms with E-state index in [1.165, 1.54) is 6.07 Å². The molecule has 1 atom stereocenters. The molecule has 1 aromatic rings. The fourth-order valence-corrected chi connectivity index (χ4v) is 1.97. The van der Waals surface area contributed by atoms with Gasteiger partial charge in [0.1, 0.15) is 0 Å². The third-order valence-corrected chi connectivity index (χ3v) is 3.07. The van der Waals surface area contributed by atoms with E-state index in [1.807, 2.05) is 0 Å². The van der Waals surface area contributed by atoms with Gasteiger partial charge in [-0.05, 0) is 31.2 Å². The topological polar surface area (TPSA) is 32.3 Å². The van der Waals surface area contributed by atoms with E-state index in [1.54, 1.807) is 11.9 Å². The van der Waals surface area contributed by atoms with Gasteiger partial charge in [0, 0.05) is 25.2 Å². The van der Waals surface area contributed by atoms with Gasteiger partial charge in [-0.1, -0.05) is 0 Å². The number of nitrogens with zero attached hydrogens (tertiary/aromatic N) is 1. The number of nitrogens with one attached hydrogen (secondary N) is 1. The van der Waals surface area contributed by atoms with Crippen LogP contribution >= 0.6 is 12.4 Å². The molecule has 1 N–H and O–H groups in total. The van der Waals surface area contributed by atoms with Crippen LogP contribution in [0.15, 0.2) is 18.2 Å². The summed E-state index contributed by atoms with van der Waals surface area (Å²) in [6.07, 6.45) is 0.881. The summed E-state index contributed by atoms with van der Waals surface area (Å²) >= 11 is 0. The minimum atomic E-state index is -0.992. The summed E-state index contributed by atoms with van der Waals surface area (Å²) in [5, 5.41) is 3.15. The molecule has 0 aromatic heterocycles. The Labute approximate surface area is 111 Å². The van der Waals surface area contributed by atoms with Crippen molar-refractivity contribution in [2.75, 3.05) is 20.1 Å². The van der Waals surface area contributed by atoms with E-state index in [4.69, 9.17) is 0 Å². The molecule has 1 amide bonds. The summed E-state index contributed by atoms with van der Waals surface area (Å²) in [6.45, 7) is 1.62. The third-order valence-electron chi connectivity index (χ3n) is 3.07. The number of hydrogen-bond acceptors (Lipinski definition) is 2. The van der Waals surface area contributed by atoms with E-state index < -0.39 is 11.6 Å². The second-order valence-corrected chi connectivity index (χ2v) is 4.19. The molecular weight excluding hydrogens is 262 g/mol. The van der Waals surface area contributed by atoms with Gasteiger partial charge in [-0.15, -0.1) is 12.4 Å². The van der Waals surface area contributed by atoms with Crippen LogP contribution < -0.4 is 5.32 Å². The predicted molar refractivity (Wildman–Crippen MR) is 67.0 cm³/mol. The van der Waals surface area contributed by atoms with Gasteiger partial charge in [-0.2, -0.15) is 0 Å². The highest BCUT2D eigenvalue weighted by Gasteiger charge is 2.24. The lowest BCUT2D eigenvalue weighted by Gasteiger charge is -2.23. The van der Waals surface area contributed by atoms with Crippen molar-refractivity contribution in [3.63, 3.8) is 0 Å². The molecule has 0 spiro atoms. The first kappa shape index (κ1) is 14.9. The average Bonchev–Trinajstić information content (AvgIpc) is 2.84. The Morgan fingerprint density at radius 1 is 1.39 bits per heavy atom. The molecule has 1 heterocycles. The second-order valence-electron chi connectivity index (χ2n) is 4.19. The molecule has 2 rings (SSSR count). The Morgan fingerprint density at radius 2 is 2.11 bits per heavy atom. The van der Waals surface area contributed by atoms with Crippen LogP contribution in [0.4, 0.5) is 8.78 Å². The summed E-state index contributed by atoms with van der Waals surface area (Å²) in [7, 11) is 1.68. The Morgan fingerprint density at radius 3 is 2.67 bits per heavy atom. The fraction of sp³-hybridized carbons (Fsp3) is 0.417. The Bertz CT molecular complexity index is 436. The summed E-state index contributed by atoms with van der Waals surface area (Å²) in [6, 6.07) is 3.34. The largest absolute Gasteiger partial charge is 0.337 e. The third kappa shape index (κ3) is 2.97. The van der Waals surface area contributed by atoms with Crippen LogP contribution in [0.1, 0.15) is 16.8 Å². The van der Waals surface area contributed by atoms with E-state index >= 15 is 0 Å². The van der Waals surface area contributed by atoms with Gasteiger partial charge in [-0.25, -0.2) is 8.78 Å². The van der Waals surface area contributed by atoms with Crippen molar-refractivity contribution in [3.05, 3.63) is 35.4 Å². The number of amides is 1. The molecule has 3 nitrogen and oxygen atoms in total. The molecule has 1 unspecified atom stereocenters. The molecular formula is C12H15ClF2N2O. The molecule has 6 heteroatoms. The second kappa shape index (κ2) is 6.11. The smallest absolute Gasteiger partial charge is 0.253 e. The molecule has 0 radical (unpaired) electrons. The molecule has 1 aromatic carbocycles. The predicted octanol–water partition coefficient (Wildman–Crippen LogP) is 1.82. The molecule has 1 fully saturated rings. The van der Waals surface area contributed by atoms with Crippen LogP contribution in [-0.4, -0.2) is 37.0 Å². The van der Waals surface area contributed by atoms with Crippen LogP contribution in [0.5, 0.6) is 0 Å². The van der Waals surface area contributed by atoms with Gasteiger partial charge in [0.05, 0.1) is 0 Å². The Balaban J connectivity index is 0.00000162. The number of rotatable bonds is 2. The Kier molecular flexibility index (Phi) is 5.04. The van der Waals surface area contributed by atoms with Crippen LogP contribution in [0.2, 0.25) is 0 Å². The maximum Gasteiger partial charge on any atom is 0.253 e. The number of hydrogen-bond donors (Lipinski definition) is 1. The van der Waals surface area contributed by atoms with Gasteiger partial charge in [0.15, 0.2) is 11.6 Å². The maximum absolute atomic E-state index is 13.0. The average molecular weight is 277 g/mol. The van der Waals surface area contributed by atoms with Gasteiger partial charge >= 0.3 is 0 Å². The summed E-state index contributed by atoms with van der Waals surface area (Å²) in [5.41, 5.74) is 0.179. The van der Waals surface area contributed by atoms with Gasteiger partial charge in [0.25, 0.3) is 5.91 Å². The van der Waals surface area contributed by atoms with Crippen LogP contribution in [0, 0.1) is 11.6 Å². The highest BCUT2D eigenvalue weighted by molar-refractivity contribution is 5.94. The molecule has 18 heavy (non-hydrogen) atoms. The first-order valence-electron chi connectivity index (χ1n) is 5.52. The number of carbonyl (C=O) groups is 1. The summed E-state index contributed by atoms with van der Waals surface area (Å²) in [5.74, 6) is -2.21. The maximum atomic E-state index is 13.0. The van der Waals surface area contributed by atoms with Crippen molar-refractivity contribution in [3.8, 4) is 0 Å². The molecule has 0 bridgehead atoms. The van der Waals surface area contributed by atoms with Crippen molar-refractivity contribution in [1.29, 1.82) is 0 Å². The van der Waals surface area contributed by atoms with E-state index in [0.717, 1.165) is 31.6 Å². The van der Waals surface area contributed by atoms with E-state index in [9.17, 15) is 13.6 Å². The lowest BCUT2D eigenvalue weighted by molar-refractivity contribution is 0.0743. The van der Waals surface area contributed by atoms with Gasteiger partial charge < -0.3 is 10.2 Å². The zero-order valence-corrected chi connectivity index (χ0v) is 10.8. The van der Waals surface area contributed by atoms with Crippen molar-refractivity contribution in [2.45, 2.75) is 12.5 Å². The standard InChI is InChI=1S/C12H14F2N2O.ClH/c1-16(9-4-5-15-7-9)12(17)8-2-3-10(13)11(14)6-8;/h2-3,6,9,15H,4-5,7H2,1H3;1H. The van der Waals surface area contributed by atoms with E-state index in [0.29, 0.717) is 0 Å². The van der Waals surface area contributed by atoms with Crippen molar-refractivity contribution in [1.82, 2.24) is 10.2 Å². The molecule has 1 aliphatic heterocycles. The number of likely N-dealkylation sites (N-methyl/N-ethyl adjacent to an activating group) is 1. The van der Waals surface area contributed by atoms with E-state index in [2.05, 4.69) is 5.32 Å². The first-order chi connectivity index (χ1) is 8.09. The van der Waals surface area contributed by atoms with Crippen LogP contribution in [-0.2, 0) is 0 Å².